The van der Waals surface area contributed by atoms with E-state index in [1.54, 1.807) is 0 Å². The fourth-order valence-electron chi connectivity index (χ4n) is 3.19. The molecular weight excluding hydrogens is 200 g/mol. The van der Waals surface area contributed by atoms with Crippen molar-refractivity contribution < 1.29 is 5.11 Å². The van der Waals surface area contributed by atoms with Crippen molar-refractivity contribution in [1.29, 1.82) is 0 Å². The molecule has 1 heterocycles. The average Bonchev–Trinajstić information content (AvgIpc) is 2.30. The predicted octanol–water partition coefficient (Wildman–Crippen LogP) is 1.32. The Morgan fingerprint density at radius 2 is 1.50 bits per heavy atom. The van der Waals surface area contributed by atoms with Gasteiger partial charge in [0.1, 0.15) is 0 Å². The highest BCUT2D eigenvalue weighted by atomic mass is 16.3. The SMILES string of the molecule is CN(C)C1CCN(C2CCC(O)CC2)CC1. The van der Waals surface area contributed by atoms with Crippen molar-refractivity contribution in [2.24, 2.45) is 0 Å². The zero-order valence-corrected chi connectivity index (χ0v) is 10.7. The third-order valence-corrected chi connectivity index (χ3v) is 4.41. The molecule has 0 aromatic carbocycles. The maximum absolute atomic E-state index is 9.51. The molecule has 0 aromatic rings. The van der Waals surface area contributed by atoms with Gasteiger partial charge >= 0.3 is 0 Å². The maximum atomic E-state index is 9.51. The number of piperidine rings is 1. The van der Waals surface area contributed by atoms with Crippen molar-refractivity contribution in [3.05, 3.63) is 0 Å². The third-order valence-electron chi connectivity index (χ3n) is 4.41. The Bertz CT molecular complexity index is 204. The zero-order valence-electron chi connectivity index (χ0n) is 10.7. The first kappa shape index (κ1) is 12.3. The molecule has 16 heavy (non-hydrogen) atoms. The Hall–Kier alpha value is -0.120. The summed E-state index contributed by atoms with van der Waals surface area (Å²) in [5.41, 5.74) is 0. The van der Waals surface area contributed by atoms with E-state index >= 15 is 0 Å². The Balaban J connectivity index is 1.76. The summed E-state index contributed by atoms with van der Waals surface area (Å²) in [4.78, 5) is 5.02. The second kappa shape index (κ2) is 5.48. The van der Waals surface area contributed by atoms with Crippen molar-refractivity contribution in [1.82, 2.24) is 9.80 Å². The highest BCUT2D eigenvalue weighted by Gasteiger charge is 2.28. The highest BCUT2D eigenvalue weighted by Crippen LogP contribution is 2.26. The van der Waals surface area contributed by atoms with E-state index in [0.717, 1.165) is 24.9 Å². The van der Waals surface area contributed by atoms with E-state index < -0.39 is 0 Å². The smallest absolute Gasteiger partial charge is 0.0541 e. The average molecular weight is 226 g/mol. The fourth-order valence-corrected chi connectivity index (χ4v) is 3.19. The first-order valence-electron chi connectivity index (χ1n) is 6.75. The fraction of sp³-hybridized carbons (Fsp3) is 1.00. The number of nitrogens with zero attached hydrogens (tertiary/aromatic N) is 2. The second-order valence-electron chi connectivity index (χ2n) is 5.69. The molecule has 3 nitrogen and oxygen atoms in total. The van der Waals surface area contributed by atoms with Crippen LogP contribution in [0.1, 0.15) is 38.5 Å². The summed E-state index contributed by atoms with van der Waals surface area (Å²) in [5.74, 6) is 0. The van der Waals surface area contributed by atoms with E-state index in [1.165, 1.54) is 38.8 Å². The molecular formula is C13H26N2O. The quantitative estimate of drug-likeness (QED) is 0.769. The summed E-state index contributed by atoms with van der Waals surface area (Å²) in [5, 5.41) is 9.51. The number of aliphatic hydroxyl groups is 1. The molecule has 1 N–H and O–H groups in total. The first-order valence-corrected chi connectivity index (χ1v) is 6.75. The maximum Gasteiger partial charge on any atom is 0.0541 e. The minimum atomic E-state index is -0.0180. The lowest BCUT2D eigenvalue weighted by Gasteiger charge is -2.41. The lowest BCUT2D eigenvalue weighted by molar-refractivity contribution is 0.0500. The largest absolute Gasteiger partial charge is 0.393 e. The van der Waals surface area contributed by atoms with Gasteiger partial charge < -0.3 is 14.9 Å². The monoisotopic (exact) mass is 226 g/mol. The van der Waals surface area contributed by atoms with Crippen molar-refractivity contribution in [2.45, 2.75) is 56.7 Å². The van der Waals surface area contributed by atoms with Crippen LogP contribution in [0.25, 0.3) is 0 Å². The summed E-state index contributed by atoms with van der Waals surface area (Å²) < 4.78 is 0. The summed E-state index contributed by atoms with van der Waals surface area (Å²) >= 11 is 0. The number of hydrogen-bond acceptors (Lipinski definition) is 3. The Kier molecular flexibility index (Phi) is 4.22. The summed E-state index contributed by atoms with van der Waals surface area (Å²) in [6.07, 6.45) is 7.03. The van der Waals surface area contributed by atoms with Gasteiger partial charge in [-0.2, -0.15) is 0 Å². The molecule has 0 unspecified atom stereocenters. The van der Waals surface area contributed by atoms with Gasteiger partial charge in [0.2, 0.25) is 0 Å². The Morgan fingerprint density at radius 1 is 0.938 bits per heavy atom. The number of likely N-dealkylation sites (tertiary alicyclic amines) is 1. The molecule has 2 aliphatic rings. The highest BCUT2D eigenvalue weighted by molar-refractivity contribution is 4.84. The molecule has 3 heteroatoms. The summed E-state index contributed by atoms with van der Waals surface area (Å²) in [7, 11) is 4.38. The number of rotatable bonds is 2. The third kappa shape index (κ3) is 2.96. The first-order chi connectivity index (χ1) is 7.66. The van der Waals surface area contributed by atoms with Crippen LogP contribution in [0.4, 0.5) is 0 Å². The van der Waals surface area contributed by atoms with Crippen LogP contribution in [-0.4, -0.2) is 60.3 Å². The summed E-state index contributed by atoms with van der Waals surface area (Å²) in [6, 6.07) is 1.54. The van der Waals surface area contributed by atoms with Gasteiger partial charge in [0.05, 0.1) is 6.10 Å². The van der Waals surface area contributed by atoms with E-state index in [2.05, 4.69) is 23.9 Å². The van der Waals surface area contributed by atoms with Gasteiger partial charge in [-0.25, -0.2) is 0 Å². The molecule has 0 bridgehead atoms. The predicted molar refractivity (Wildman–Crippen MR) is 66.5 cm³/mol. The van der Waals surface area contributed by atoms with Gasteiger partial charge in [-0.1, -0.05) is 0 Å². The molecule has 1 aliphatic carbocycles. The van der Waals surface area contributed by atoms with E-state index in [1.807, 2.05) is 0 Å². The number of hydrogen-bond donors (Lipinski definition) is 1. The van der Waals surface area contributed by atoms with E-state index in [0.29, 0.717) is 0 Å². The Morgan fingerprint density at radius 3 is 2.00 bits per heavy atom. The molecule has 1 saturated heterocycles. The van der Waals surface area contributed by atoms with Gasteiger partial charge in [0, 0.05) is 12.1 Å². The van der Waals surface area contributed by atoms with E-state index in [9.17, 15) is 5.11 Å². The molecule has 2 fully saturated rings. The van der Waals surface area contributed by atoms with Gasteiger partial charge in [-0.15, -0.1) is 0 Å². The van der Waals surface area contributed by atoms with Crippen molar-refractivity contribution in [3.8, 4) is 0 Å². The molecule has 1 saturated carbocycles. The summed E-state index contributed by atoms with van der Waals surface area (Å²) in [6.45, 7) is 2.51. The van der Waals surface area contributed by atoms with Gasteiger partial charge in [-0.3, -0.25) is 0 Å². The van der Waals surface area contributed by atoms with Gasteiger partial charge in [-0.05, 0) is 65.7 Å². The molecule has 0 aromatic heterocycles. The van der Waals surface area contributed by atoms with Crippen LogP contribution in [0.5, 0.6) is 0 Å². The van der Waals surface area contributed by atoms with Crippen LogP contribution in [0.2, 0.25) is 0 Å². The van der Waals surface area contributed by atoms with E-state index in [-0.39, 0.29) is 6.10 Å². The van der Waals surface area contributed by atoms with Crippen LogP contribution in [-0.2, 0) is 0 Å². The minimum Gasteiger partial charge on any atom is -0.393 e. The zero-order chi connectivity index (χ0) is 11.5. The van der Waals surface area contributed by atoms with Crippen molar-refractivity contribution in [3.63, 3.8) is 0 Å². The molecule has 94 valence electrons. The molecule has 0 amide bonds. The van der Waals surface area contributed by atoms with Crippen LogP contribution in [0, 0.1) is 0 Å². The van der Waals surface area contributed by atoms with Crippen LogP contribution < -0.4 is 0 Å². The van der Waals surface area contributed by atoms with E-state index in [4.69, 9.17) is 0 Å². The van der Waals surface area contributed by atoms with Crippen LogP contribution in [0.3, 0.4) is 0 Å². The second-order valence-corrected chi connectivity index (χ2v) is 5.69. The van der Waals surface area contributed by atoms with Crippen LogP contribution in [0.15, 0.2) is 0 Å². The standard InChI is InChI=1S/C13H26N2O/c1-14(2)11-7-9-15(10-8-11)12-3-5-13(16)6-4-12/h11-13,16H,3-10H2,1-2H3. The molecule has 0 atom stereocenters. The topological polar surface area (TPSA) is 26.7 Å². The molecule has 0 spiro atoms. The van der Waals surface area contributed by atoms with Gasteiger partial charge in [0.25, 0.3) is 0 Å². The lowest BCUT2D eigenvalue weighted by Crippen LogP contribution is -2.47. The Labute approximate surface area is 99.4 Å². The normalized spacial score (nSPS) is 34.5. The molecule has 2 rings (SSSR count). The minimum absolute atomic E-state index is 0.0180. The number of aliphatic hydroxyl groups excluding tert-OH is 1. The molecule has 1 aliphatic heterocycles. The van der Waals surface area contributed by atoms with Gasteiger partial charge in [0.15, 0.2) is 0 Å². The van der Waals surface area contributed by atoms with Crippen molar-refractivity contribution in [2.75, 3.05) is 27.2 Å². The van der Waals surface area contributed by atoms with Crippen LogP contribution >= 0.6 is 0 Å². The molecule has 0 radical (unpaired) electrons. The lowest BCUT2D eigenvalue weighted by atomic mass is 9.90. The van der Waals surface area contributed by atoms with Crippen molar-refractivity contribution >= 4 is 0 Å².